The van der Waals surface area contributed by atoms with Gasteiger partial charge < -0.3 is 14.6 Å². The minimum atomic E-state index is -0.742. The van der Waals surface area contributed by atoms with Crippen LogP contribution in [0.25, 0.3) is 0 Å². The van der Waals surface area contributed by atoms with Gasteiger partial charge in [-0.2, -0.15) is 0 Å². The summed E-state index contributed by atoms with van der Waals surface area (Å²) in [5.74, 6) is 0.117. The quantitative estimate of drug-likeness (QED) is 0.487. The molecule has 1 N–H and O–H groups in total. The van der Waals surface area contributed by atoms with Crippen LogP contribution in [0.2, 0.25) is 0 Å². The Bertz CT molecular complexity index is 901. The third kappa shape index (κ3) is 5.44. The second-order valence-electron chi connectivity index (χ2n) is 9.17. The molecular weight excluding hydrogens is 444 g/mol. The van der Waals surface area contributed by atoms with Crippen LogP contribution in [-0.4, -0.2) is 18.2 Å². The number of ether oxygens (including phenoxy) is 2. The van der Waals surface area contributed by atoms with Gasteiger partial charge in [-0.25, -0.2) is 0 Å². The second-order valence-corrected chi connectivity index (χ2v) is 10.0. The van der Waals surface area contributed by atoms with E-state index >= 15 is 0 Å². The first-order chi connectivity index (χ1) is 14.2. The Hall–Kier alpha value is -1.85. The molecule has 2 unspecified atom stereocenters. The summed E-state index contributed by atoms with van der Waals surface area (Å²) in [4.78, 5) is 11.2. The van der Waals surface area contributed by atoms with E-state index < -0.39 is 5.97 Å². The van der Waals surface area contributed by atoms with Gasteiger partial charge in [0, 0.05) is 11.6 Å². The van der Waals surface area contributed by atoms with Gasteiger partial charge in [0.1, 0.15) is 12.4 Å². The van der Waals surface area contributed by atoms with Crippen LogP contribution in [0.15, 0.2) is 40.9 Å². The minimum Gasteiger partial charge on any atom is -0.489 e. The van der Waals surface area contributed by atoms with Crippen molar-refractivity contribution in [3.63, 3.8) is 0 Å². The summed E-state index contributed by atoms with van der Waals surface area (Å²) in [7, 11) is 1.74. The van der Waals surface area contributed by atoms with E-state index in [1.807, 2.05) is 18.2 Å². The van der Waals surface area contributed by atoms with Crippen LogP contribution in [0, 0.1) is 5.41 Å². The lowest BCUT2D eigenvalue weighted by atomic mass is 9.81. The normalized spacial score (nSPS) is 17.3. The fourth-order valence-corrected chi connectivity index (χ4v) is 4.84. The van der Waals surface area contributed by atoms with Crippen LogP contribution >= 0.6 is 15.9 Å². The Labute approximate surface area is 187 Å². The molecule has 0 fully saturated rings. The van der Waals surface area contributed by atoms with Crippen LogP contribution in [0.1, 0.15) is 74.3 Å². The highest BCUT2D eigenvalue weighted by molar-refractivity contribution is 9.10. The Morgan fingerprint density at radius 2 is 2.00 bits per heavy atom. The van der Waals surface area contributed by atoms with E-state index in [0.717, 1.165) is 46.2 Å². The summed E-state index contributed by atoms with van der Waals surface area (Å²) in [6, 6.07) is 12.3. The number of aryl methyl sites for hydroxylation is 1. The van der Waals surface area contributed by atoms with Gasteiger partial charge >= 0.3 is 5.97 Å². The molecule has 1 aliphatic carbocycles. The van der Waals surface area contributed by atoms with E-state index in [1.54, 1.807) is 7.11 Å². The van der Waals surface area contributed by atoms with Gasteiger partial charge in [-0.05, 0) is 77.1 Å². The predicted molar refractivity (Wildman–Crippen MR) is 122 cm³/mol. The lowest BCUT2D eigenvalue weighted by Gasteiger charge is -2.30. The SMILES string of the molecule is COC(c1cc(COc2ccc3c(c2)C(CC(=O)O)CCC3)ccc1Br)C(C)(C)C. The predicted octanol–water partition coefficient (Wildman–Crippen LogP) is 6.66. The lowest BCUT2D eigenvalue weighted by molar-refractivity contribution is -0.137. The summed E-state index contributed by atoms with van der Waals surface area (Å²) in [6.07, 6.45) is 3.11. The number of hydrogen-bond donors (Lipinski definition) is 1. The maximum absolute atomic E-state index is 11.2. The molecule has 0 amide bonds. The largest absolute Gasteiger partial charge is 0.489 e. The number of benzene rings is 2. The number of carboxylic acid groups (broad SMARTS) is 1. The van der Waals surface area contributed by atoms with E-state index in [1.165, 1.54) is 5.56 Å². The number of aliphatic carboxylic acids is 1. The van der Waals surface area contributed by atoms with E-state index in [4.69, 9.17) is 9.47 Å². The molecule has 0 saturated heterocycles. The number of methoxy groups -OCH3 is 1. The van der Waals surface area contributed by atoms with Crippen molar-refractivity contribution >= 4 is 21.9 Å². The topological polar surface area (TPSA) is 55.8 Å². The average Bonchev–Trinajstić information content (AvgIpc) is 2.67. The van der Waals surface area contributed by atoms with Gasteiger partial charge in [0.15, 0.2) is 0 Å². The van der Waals surface area contributed by atoms with Crippen LogP contribution < -0.4 is 4.74 Å². The third-order valence-corrected chi connectivity index (χ3v) is 6.47. The van der Waals surface area contributed by atoms with Crippen LogP contribution in [0.5, 0.6) is 5.75 Å². The molecule has 0 bridgehead atoms. The summed E-state index contributed by atoms with van der Waals surface area (Å²) >= 11 is 3.66. The van der Waals surface area contributed by atoms with Crippen molar-refractivity contribution < 1.29 is 19.4 Å². The van der Waals surface area contributed by atoms with E-state index in [9.17, 15) is 9.90 Å². The number of carbonyl (C=O) groups is 1. The zero-order chi connectivity index (χ0) is 21.9. The molecule has 30 heavy (non-hydrogen) atoms. The standard InChI is InChI=1S/C25H31BrO4/c1-25(2,3)24(29-4)21-12-16(8-11-22(21)26)15-30-19-10-9-17-6-5-7-18(13-23(27)28)20(17)14-19/h8-12,14,18,24H,5-7,13,15H2,1-4H3,(H,27,28). The van der Waals surface area contributed by atoms with E-state index in [2.05, 4.69) is 54.9 Å². The van der Waals surface area contributed by atoms with Crippen molar-refractivity contribution in [1.29, 1.82) is 0 Å². The molecule has 2 aromatic rings. The number of hydrogen-bond acceptors (Lipinski definition) is 3. The second kappa shape index (κ2) is 9.52. The summed E-state index contributed by atoms with van der Waals surface area (Å²) in [6.45, 7) is 6.94. The first-order valence-corrected chi connectivity index (χ1v) is 11.3. The summed E-state index contributed by atoms with van der Waals surface area (Å²) < 4.78 is 12.9. The zero-order valence-corrected chi connectivity index (χ0v) is 19.8. The molecule has 0 heterocycles. The number of rotatable bonds is 7. The van der Waals surface area contributed by atoms with Crippen LogP contribution in [0.3, 0.4) is 0 Å². The highest BCUT2D eigenvalue weighted by Crippen LogP contribution is 2.40. The molecule has 5 heteroatoms. The zero-order valence-electron chi connectivity index (χ0n) is 18.2. The van der Waals surface area contributed by atoms with Crippen molar-refractivity contribution in [2.45, 2.75) is 65.1 Å². The fraction of sp³-hybridized carbons (Fsp3) is 0.480. The Morgan fingerprint density at radius 3 is 2.67 bits per heavy atom. The number of halogens is 1. The lowest BCUT2D eigenvalue weighted by Crippen LogP contribution is -2.20. The highest BCUT2D eigenvalue weighted by Gasteiger charge is 2.28. The molecule has 0 radical (unpaired) electrons. The number of carboxylic acids is 1. The van der Waals surface area contributed by atoms with Gasteiger partial charge in [-0.15, -0.1) is 0 Å². The van der Waals surface area contributed by atoms with Crippen molar-refractivity contribution in [3.8, 4) is 5.75 Å². The molecule has 162 valence electrons. The maximum atomic E-state index is 11.2. The van der Waals surface area contributed by atoms with Gasteiger partial charge in [0.2, 0.25) is 0 Å². The highest BCUT2D eigenvalue weighted by atomic mass is 79.9. The monoisotopic (exact) mass is 474 g/mol. The van der Waals surface area contributed by atoms with E-state index in [0.29, 0.717) is 6.61 Å². The van der Waals surface area contributed by atoms with Crippen LogP contribution in [-0.2, 0) is 22.6 Å². The number of fused-ring (bicyclic) bond motifs is 1. The molecular formula is C25H31BrO4. The fourth-order valence-electron chi connectivity index (χ4n) is 4.39. The average molecular weight is 475 g/mol. The molecule has 2 atom stereocenters. The van der Waals surface area contributed by atoms with Gasteiger partial charge in [0.25, 0.3) is 0 Å². The Kier molecular flexibility index (Phi) is 7.25. The van der Waals surface area contributed by atoms with Gasteiger partial charge in [0.05, 0.1) is 12.5 Å². The molecule has 3 rings (SSSR count). The molecule has 4 nitrogen and oxygen atoms in total. The minimum absolute atomic E-state index is 0.0333. The molecule has 1 aliphatic rings. The first kappa shape index (κ1) is 22.8. The third-order valence-electron chi connectivity index (χ3n) is 5.75. The van der Waals surface area contributed by atoms with Crippen molar-refractivity contribution in [3.05, 3.63) is 63.1 Å². The van der Waals surface area contributed by atoms with Crippen LogP contribution in [0.4, 0.5) is 0 Å². The summed E-state index contributed by atoms with van der Waals surface area (Å²) in [5, 5.41) is 9.24. The van der Waals surface area contributed by atoms with Crippen molar-refractivity contribution in [1.82, 2.24) is 0 Å². The Morgan fingerprint density at radius 1 is 1.23 bits per heavy atom. The summed E-state index contributed by atoms with van der Waals surface area (Å²) in [5.41, 5.74) is 4.52. The molecule has 0 spiro atoms. The van der Waals surface area contributed by atoms with Gasteiger partial charge in [-0.1, -0.05) is 48.8 Å². The molecule has 0 aliphatic heterocycles. The van der Waals surface area contributed by atoms with Gasteiger partial charge in [-0.3, -0.25) is 4.79 Å². The Balaban J connectivity index is 1.78. The van der Waals surface area contributed by atoms with E-state index in [-0.39, 0.29) is 23.9 Å². The smallest absolute Gasteiger partial charge is 0.303 e. The maximum Gasteiger partial charge on any atom is 0.303 e. The molecule has 2 aromatic carbocycles. The molecule has 0 aromatic heterocycles. The molecule has 0 saturated carbocycles. The first-order valence-electron chi connectivity index (χ1n) is 10.5. The van der Waals surface area contributed by atoms with Crippen molar-refractivity contribution in [2.24, 2.45) is 5.41 Å². The van der Waals surface area contributed by atoms with Crippen molar-refractivity contribution in [2.75, 3.05) is 7.11 Å².